The first kappa shape index (κ1) is 20.1. The maximum Gasteiger partial charge on any atom is 0.229 e. The molecule has 2 heterocycles. The van der Waals surface area contributed by atoms with Crippen molar-refractivity contribution >= 4 is 22.5 Å². The van der Waals surface area contributed by atoms with Crippen LogP contribution < -0.4 is 14.8 Å². The van der Waals surface area contributed by atoms with Crippen LogP contribution in [0.1, 0.15) is 16.8 Å². The summed E-state index contributed by atoms with van der Waals surface area (Å²) in [5, 5.41) is 7.40. The van der Waals surface area contributed by atoms with Crippen LogP contribution in [0.2, 0.25) is 0 Å². The second kappa shape index (κ2) is 8.27. The van der Waals surface area contributed by atoms with E-state index >= 15 is 0 Å². The molecular formula is C21H20FN3O4S. The number of hydrogen-bond acceptors (Lipinski definition) is 5. The second-order valence-corrected chi connectivity index (χ2v) is 8.26. The molecule has 156 valence electrons. The van der Waals surface area contributed by atoms with Gasteiger partial charge in [0, 0.05) is 16.4 Å². The molecule has 4 rings (SSSR count). The number of rotatable bonds is 6. The van der Waals surface area contributed by atoms with Crippen LogP contribution in [0.25, 0.3) is 5.69 Å². The van der Waals surface area contributed by atoms with Gasteiger partial charge in [0.05, 0.1) is 43.5 Å². The molecule has 0 bridgehead atoms. The summed E-state index contributed by atoms with van der Waals surface area (Å²) >= 11 is 0. The minimum Gasteiger partial charge on any atom is -0.493 e. The molecule has 3 aromatic rings. The van der Waals surface area contributed by atoms with E-state index in [1.807, 2.05) is 0 Å². The Morgan fingerprint density at radius 3 is 2.57 bits per heavy atom. The maximum absolute atomic E-state index is 13.3. The van der Waals surface area contributed by atoms with Gasteiger partial charge in [0.15, 0.2) is 11.5 Å². The van der Waals surface area contributed by atoms with Crippen molar-refractivity contribution in [2.24, 2.45) is 0 Å². The van der Waals surface area contributed by atoms with E-state index in [2.05, 4.69) is 10.4 Å². The van der Waals surface area contributed by atoms with Crippen molar-refractivity contribution in [3.8, 4) is 17.2 Å². The van der Waals surface area contributed by atoms with Gasteiger partial charge >= 0.3 is 0 Å². The van der Waals surface area contributed by atoms with Crippen LogP contribution in [0.4, 0.5) is 10.2 Å². The molecule has 1 aromatic heterocycles. The quantitative estimate of drug-likeness (QED) is 0.652. The Bertz CT molecular complexity index is 1130. The van der Waals surface area contributed by atoms with E-state index in [4.69, 9.17) is 9.47 Å². The number of carbonyl (C=O) groups is 1. The number of nitrogens with zero attached hydrogens (tertiary/aromatic N) is 2. The van der Waals surface area contributed by atoms with Gasteiger partial charge in [-0.25, -0.2) is 9.07 Å². The van der Waals surface area contributed by atoms with Crippen LogP contribution in [0.3, 0.4) is 0 Å². The number of benzene rings is 2. The van der Waals surface area contributed by atoms with Gasteiger partial charge in [-0.2, -0.15) is 5.10 Å². The Balaban J connectivity index is 1.61. The predicted molar refractivity (Wildman–Crippen MR) is 111 cm³/mol. The van der Waals surface area contributed by atoms with Gasteiger partial charge in [-0.1, -0.05) is 6.07 Å². The number of hydrogen-bond donors (Lipinski definition) is 1. The lowest BCUT2D eigenvalue weighted by Gasteiger charge is -2.12. The minimum absolute atomic E-state index is 0.104. The SMILES string of the molecule is COc1ccc(CC(=O)Nc2c3c(nn2-c2ccc(F)cc2)C[S@@](=O)C3)cc1OC. The molecule has 7 nitrogen and oxygen atoms in total. The van der Waals surface area contributed by atoms with Gasteiger partial charge in [0.1, 0.15) is 11.6 Å². The van der Waals surface area contributed by atoms with Crippen LogP contribution >= 0.6 is 0 Å². The first-order valence-electron chi connectivity index (χ1n) is 9.21. The zero-order valence-electron chi connectivity index (χ0n) is 16.5. The van der Waals surface area contributed by atoms with Gasteiger partial charge in [0.2, 0.25) is 5.91 Å². The highest BCUT2D eigenvalue weighted by atomic mass is 32.2. The van der Waals surface area contributed by atoms with Crippen molar-refractivity contribution in [3.63, 3.8) is 0 Å². The second-order valence-electron chi connectivity index (χ2n) is 6.80. The average Bonchev–Trinajstić information content (AvgIpc) is 3.25. The van der Waals surface area contributed by atoms with Crippen molar-refractivity contribution in [1.82, 2.24) is 9.78 Å². The highest BCUT2D eigenvalue weighted by molar-refractivity contribution is 7.83. The summed E-state index contributed by atoms with van der Waals surface area (Å²) in [7, 11) is 2.04. The molecule has 2 aromatic carbocycles. The van der Waals surface area contributed by atoms with Crippen LogP contribution in [0, 0.1) is 5.82 Å². The molecule has 1 amide bonds. The summed E-state index contributed by atoms with van der Waals surface area (Å²) in [5.41, 5.74) is 2.79. The van der Waals surface area contributed by atoms with Crippen molar-refractivity contribution in [3.05, 3.63) is 65.1 Å². The van der Waals surface area contributed by atoms with Crippen molar-refractivity contribution in [2.75, 3.05) is 19.5 Å². The van der Waals surface area contributed by atoms with E-state index in [0.717, 1.165) is 11.1 Å². The van der Waals surface area contributed by atoms with Gasteiger partial charge in [-0.15, -0.1) is 0 Å². The monoisotopic (exact) mass is 429 g/mol. The minimum atomic E-state index is -1.05. The molecule has 1 N–H and O–H groups in total. The summed E-state index contributed by atoms with van der Waals surface area (Å²) in [4.78, 5) is 12.8. The highest BCUT2D eigenvalue weighted by Gasteiger charge is 2.28. The van der Waals surface area contributed by atoms with Crippen LogP contribution in [0.5, 0.6) is 11.5 Å². The first-order valence-corrected chi connectivity index (χ1v) is 10.7. The molecular weight excluding hydrogens is 409 g/mol. The zero-order chi connectivity index (χ0) is 21.3. The number of amides is 1. The Morgan fingerprint density at radius 2 is 1.87 bits per heavy atom. The van der Waals surface area contributed by atoms with Crippen molar-refractivity contribution in [1.29, 1.82) is 0 Å². The van der Waals surface area contributed by atoms with Gasteiger partial charge in [-0.3, -0.25) is 9.00 Å². The Hall–Kier alpha value is -3.20. The fourth-order valence-electron chi connectivity index (χ4n) is 3.38. The largest absolute Gasteiger partial charge is 0.493 e. The lowest BCUT2D eigenvalue weighted by molar-refractivity contribution is -0.115. The van der Waals surface area contributed by atoms with Gasteiger partial charge in [0.25, 0.3) is 0 Å². The van der Waals surface area contributed by atoms with Crippen molar-refractivity contribution < 1.29 is 22.9 Å². The van der Waals surface area contributed by atoms with E-state index in [1.165, 1.54) is 19.2 Å². The van der Waals surface area contributed by atoms with Crippen LogP contribution in [0.15, 0.2) is 42.5 Å². The number of methoxy groups -OCH3 is 2. The number of halogens is 1. The van der Waals surface area contributed by atoms with E-state index in [1.54, 1.807) is 42.1 Å². The summed E-state index contributed by atoms with van der Waals surface area (Å²) in [5.74, 6) is 1.62. The Kier molecular flexibility index (Phi) is 5.54. The predicted octanol–water partition coefficient (Wildman–Crippen LogP) is 2.97. The summed E-state index contributed by atoms with van der Waals surface area (Å²) in [6, 6.07) is 11.1. The molecule has 30 heavy (non-hydrogen) atoms. The summed E-state index contributed by atoms with van der Waals surface area (Å²) in [6.45, 7) is 0. The molecule has 0 saturated heterocycles. The topological polar surface area (TPSA) is 82.5 Å². The molecule has 0 fully saturated rings. The van der Waals surface area contributed by atoms with E-state index in [0.29, 0.717) is 40.2 Å². The molecule has 0 aliphatic carbocycles. The Labute approximate surface area is 175 Å². The molecule has 1 atom stereocenters. The number of anilines is 1. The van der Waals surface area contributed by atoms with E-state index in [-0.39, 0.29) is 18.1 Å². The molecule has 1 aliphatic rings. The molecule has 9 heteroatoms. The maximum atomic E-state index is 13.3. The zero-order valence-corrected chi connectivity index (χ0v) is 17.3. The number of ether oxygens (including phenoxy) is 2. The highest BCUT2D eigenvalue weighted by Crippen LogP contribution is 2.32. The van der Waals surface area contributed by atoms with Crippen LogP contribution in [-0.2, 0) is 33.5 Å². The third-order valence-corrected chi connectivity index (χ3v) is 6.02. The average molecular weight is 429 g/mol. The molecule has 0 spiro atoms. The molecule has 1 aliphatic heterocycles. The van der Waals surface area contributed by atoms with Gasteiger partial charge in [-0.05, 0) is 42.0 Å². The van der Waals surface area contributed by atoms with E-state index in [9.17, 15) is 13.4 Å². The molecule has 0 saturated carbocycles. The summed E-state index contributed by atoms with van der Waals surface area (Å²) < 4.78 is 37.4. The molecule has 0 radical (unpaired) electrons. The lowest BCUT2D eigenvalue weighted by atomic mass is 10.1. The summed E-state index contributed by atoms with van der Waals surface area (Å²) in [6.07, 6.45) is 0.104. The fourth-order valence-corrected chi connectivity index (χ4v) is 4.64. The van der Waals surface area contributed by atoms with Crippen molar-refractivity contribution in [2.45, 2.75) is 17.9 Å². The fraction of sp³-hybridized carbons (Fsp3) is 0.238. The first-order chi connectivity index (χ1) is 14.5. The molecule has 0 unspecified atom stereocenters. The smallest absolute Gasteiger partial charge is 0.229 e. The van der Waals surface area contributed by atoms with E-state index < -0.39 is 10.8 Å². The number of aromatic nitrogens is 2. The Morgan fingerprint density at radius 1 is 1.13 bits per heavy atom. The number of fused-ring (bicyclic) bond motifs is 1. The van der Waals surface area contributed by atoms with Gasteiger partial charge < -0.3 is 14.8 Å². The standard InChI is InChI=1S/C21H20FN3O4S/c1-28-18-8-3-13(9-19(18)29-2)10-20(26)23-21-16-11-30(27)12-17(16)24-25(21)15-6-4-14(22)5-7-15/h3-9H,10-12H2,1-2H3,(H,23,26)/t30-/m0/s1. The third-order valence-electron chi connectivity index (χ3n) is 4.81. The van der Waals surface area contributed by atoms with Crippen LogP contribution in [-0.4, -0.2) is 34.1 Å². The number of carbonyl (C=O) groups excluding carboxylic acids is 1. The lowest BCUT2D eigenvalue weighted by Crippen LogP contribution is -2.18. The third kappa shape index (κ3) is 3.93. The number of nitrogens with one attached hydrogen (secondary N) is 1. The normalized spacial score (nSPS) is 15.0.